The molecule has 1 amide bonds. The van der Waals surface area contributed by atoms with Crippen molar-refractivity contribution in [2.45, 2.75) is 0 Å². The molecule has 0 fully saturated rings. The summed E-state index contributed by atoms with van der Waals surface area (Å²) in [6, 6.07) is 12.7. The zero-order valence-corrected chi connectivity index (χ0v) is 13.1. The van der Waals surface area contributed by atoms with Gasteiger partial charge in [-0.3, -0.25) is 14.9 Å². The number of aromatic nitrogens is 1. The average Bonchev–Trinajstić information content (AvgIpc) is 3.08. The minimum atomic E-state index is -0.506. The van der Waals surface area contributed by atoms with Crippen LogP contribution in [0.15, 0.2) is 60.1 Å². The first-order valence-electron chi connectivity index (χ1n) is 6.94. The van der Waals surface area contributed by atoms with Crippen LogP contribution in [0.5, 0.6) is 0 Å². The molecule has 0 unspecified atom stereocenters. The van der Waals surface area contributed by atoms with Gasteiger partial charge in [0.1, 0.15) is 0 Å². The SMILES string of the molecule is O=C(Nc1cccc([N+](=O)[O-])c1)c1cccc(Nc2nccs2)c1. The van der Waals surface area contributed by atoms with Crippen molar-refractivity contribution in [1.29, 1.82) is 0 Å². The van der Waals surface area contributed by atoms with Crippen LogP contribution in [0.2, 0.25) is 0 Å². The van der Waals surface area contributed by atoms with E-state index in [1.54, 1.807) is 30.5 Å². The monoisotopic (exact) mass is 340 g/mol. The Morgan fingerprint density at radius 1 is 1.12 bits per heavy atom. The fourth-order valence-electron chi connectivity index (χ4n) is 2.05. The molecule has 2 N–H and O–H groups in total. The fourth-order valence-corrected chi connectivity index (χ4v) is 2.60. The van der Waals surface area contributed by atoms with Gasteiger partial charge in [0.15, 0.2) is 5.13 Å². The number of anilines is 3. The molecule has 0 bridgehead atoms. The molecule has 0 radical (unpaired) electrons. The van der Waals surface area contributed by atoms with Crippen molar-refractivity contribution in [3.05, 3.63) is 75.8 Å². The van der Waals surface area contributed by atoms with Gasteiger partial charge in [-0.1, -0.05) is 12.1 Å². The number of hydrogen-bond acceptors (Lipinski definition) is 6. The molecule has 120 valence electrons. The van der Waals surface area contributed by atoms with Gasteiger partial charge in [0.05, 0.1) is 4.92 Å². The van der Waals surface area contributed by atoms with E-state index >= 15 is 0 Å². The van der Waals surface area contributed by atoms with Crippen molar-refractivity contribution in [3.63, 3.8) is 0 Å². The van der Waals surface area contributed by atoms with E-state index in [-0.39, 0.29) is 11.6 Å². The van der Waals surface area contributed by atoms with Crippen LogP contribution >= 0.6 is 11.3 Å². The number of thiazole rings is 1. The molecule has 0 aliphatic carbocycles. The second-order valence-electron chi connectivity index (χ2n) is 4.80. The van der Waals surface area contributed by atoms with Crippen LogP contribution in [0, 0.1) is 10.1 Å². The van der Waals surface area contributed by atoms with Gasteiger partial charge in [-0.05, 0) is 24.3 Å². The van der Waals surface area contributed by atoms with Crippen LogP contribution in [0.4, 0.5) is 22.2 Å². The van der Waals surface area contributed by atoms with Crippen molar-refractivity contribution in [2.75, 3.05) is 10.6 Å². The quantitative estimate of drug-likeness (QED) is 0.539. The molecular formula is C16H12N4O3S. The zero-order valence-electron chi connectivity index (χ0n) is 12.3. The molecule has 0 saturated heterocycles. The van der Waals surface area contributed by atoms with E-state index in [0.717, 1.165) is 10.8 Å². The number of nitrogens with one attached hydrogen (secondary N) is 2. The van der Waals surface area contributed by atoms with Gasteiger partial charge in [0.2, 0.25) is 0 Å². The van der Waals surface area contributed by atoms with Crippen molar-refractivity contribution in [2.24, 2.45) is 0 Å². The summed E-state index contributed by atoms with van der Waals surface area (Å²) in [6.07, 6.45) is 1.69. The number of nitro groups is 1. The van der Waals surface area contributed by atoms with Gasteiger partial charge >= 0.3 is 0 Å². The maximum atomic E-state index is 12.3. The number of nitro benzene ring substituents is 1. The lowest BCUT2D eigenvalue weighted by Crippen LogP contribution is -2.12. The largest absolute Gasteiger partial charge is 0.332 e. The molecule has 0 saturated carbocycles. The summed E-state index contributed by atoms with van der Waals surface area (Å²) in [5, 5.41) is 19.1. The number of benzene rings is 2. The molecule has 8 heteroatoms. The van der Waals surface area contributed by atoms with Gasteiger partial charge in [-0.15, -0.1) is 11.3 Å². The van der Waals surface area contributed by atoms with Gasteiger partial charge in [0, 0.05) is 40.6 Å². The minimum Gasteiger partial charge on any atom is -0.332 e. The van der Waals surface area contributed by atoms with Crippen LogP contribution in [-0.4, -0.2) is 15.8 Å². The molecule has 3 rings (SSSR count). The Kier molecular flexibility index (Phi) is 4.48. The van der Waals surface area contributed by atoms with Gasteiger partial charge in [-0.2, -0.15) is 0 Å². The number of nitrogens with zero attached hydrogens (tertiary/aromatic N) is 2. The smallest absolute Gasteiger partial charge is 0.271 e. The number of hydrogen-bond donors (Lipinski definition) is 2. The highest BCUT2D eigenvalue weighted by Crippen LogP contribution is 2.21. The lowest BCUT2D eigenvalue weighted by atomic mass is 10.2. The molecule has 0 aliphatic rings. The van der Waals surface area contributed by atoms with E-state index in [2.05, 4.69) is 15.6 Å². The molecule has 24 heavy (non-hydrogen) atoms. The third-order valence-corrected chi connectivity index (χ3v) is 3.81. The third-order valence-electron chi connectivity index (χ3n) is 3.12. The topological polar surface area (TPSA) is 97.2 Å². The lowest BCUT2D eigenvalue weighted by Gasteiger charge is -2.07. The molecule has 1 aromatic heterocycles. The summed E-state index contributed by atoms with van der Waals surface area (Å²) in [5.41, 5.74) is 1.46. The molecule has 1 heterocycles. The summed E-state index contributed by atoms with van der Waals surface area (Å²) in [5.74, 6) is -0.349. The van der Waals surface area contributed by atoms with Gasteiger partial charge in [0.25, 0.3) is 11.6 Å². The normalized spacial score (nSPS) is 10.2. The van der Waals surface area contributed by atoms with E-state index in [9.17, 15) is 14.9 Å². The van der Waals surface area contributed by atoms with E-state index in [4.69, 9.17) is 0 Å². The number of carbonyl (C=O) groups excluding carboxylic acids is 1. The number of non-ortho nitro benzene ring substituents is 1. The predicted octanol–water partition coefficient (Wildman–Crippen LogP) is 4.05. The van der Waals surface area contributed by atoms with E-state index in [1.165, 1.54) is 29.5 Å². The number of amides is 1. The Labute approximate surface area is 141 Å². The summed E-state index contributed by atoms with van der Waals surface area (Å²) in [7, 11) is 0. The minimum absolute atomic E-state index is 0.0769. The Morgan fingerprint density at radius 3 is 2.67 bits per heavy atom. The molecule has 3 aromatic rings. The maximum absolute atomic E-state index is 12.3. The van der Waals surface area contributed by atoms with Gasteiger partial charge in [-0.25, -0.2) is 4.98 Å². The first-order chi connectivity index (χ1) is 11.6. The Morgan fingerprint density at radius 2 is 1.92 bits per heavy atom. The number of rotatable bonds is 5. The van der Waals surface area contributed by atoms with E-state index < -0.39 is 4.92 Å². The molecule has 0 aliphatic heterocycles. The van der Waals surface area contributed by atoms with E-state index in [1.807, 2.05) is 11.4 Å². The average molecular weight is 340 g/mol. The van der Waals surface area contributed by atoms with Crippen molar-refractivity contribution in [1.82, 2.24) is 4.98 Å². The first kappa shape index (κ1) is 15.6. The standard InChI is InChI=1S/C16H12N4O3S/c21-15(18-13-5-2-6-14(10-13)20(22)23)11-3-1-4-12(9-11)19-16-17-7-8-24-16/h1-10H,(H,17,19)(H,18,21). The van der Waals surface area contributed by atoms with Gasteiger partial charge < -0.3 is 10.6 Å². The van der Waals surface area contributed by atoms with Crippen molar-refractivity contribution in [3.8, 4) is 0 Å². The molecule has 0 atom stereocenters. The second kappa shape index (κ2) is 6.88. The number of carbonyl (C=O) groups is 1. The van der Waals surface area contributed by atoms with Crippen LogP contribution in [-0.2, 0) is 0 Å². The van der Waals surface area contributed by atoms with Crippen LogP contribution in [0.3, 0.4) is 0 Å². The summed E-state index contributed by atoms with van der Waals surface area (Å²) >= 11 is 1.45. The Hall–Kier alpha value is -3.26. The molecular weight excluding hydrogens is 328 g/mol. The molecule has 2 aromatic carbocycles. The summed E-state index contributed by atoms with van der Waals surface area (Å²) in [6.45, 7) is 0. The van der Waals surface area contributed by atoms with Crippen LogP contribution < -0.4 is 10.6 Å². The van der Waals surface area contributed by atoms with Crippen molar-refractivity contribution >= 4 is 39.4 Å². The highest BCUT2D eigenvalue weighted by molar-refractivity contribution is 7.13. The molecule has 7 nitrogen and oxygen atoms in total. The molecule has 0 spiro atoms. The Bertz CT molecular complexity index is 881. The maximum Gasteiger partial charge on any atom is 0.271 e. The second-order valence-corrected chi connectivity index (χ2v) is 5.70. The van der Waals surface area contributed by atoms with Crippen molar-refractivity contribution < 1.29 is 9.72 Å². The Balaban J connectivity index is 1.75. The highest BCUT2D eigenvalue weighted by Gasteiger charge is 2.10. The summed E-state index contributed by atoms with van der Waals surface area (Å²) < 4.78 is 0. The first-order valence-corrected chi connectivity index (χ1v) is 7.82. The third kappa shape index (κ3) is 3.73. The van der Waals surface area contributed by atoms with Crippen LogP contribution in [0.1, 0.15) is 10.4 Å². The zero-order chi connectivity index (χ0) is 16.9. The highest BCUT2D eigenvalue weighted by atomic mass is 32.1. The fraction of sp³-hybridized carbons (Fsp3) is 0. The van der Waals surface area contributed by atoms with Crippen LogP contribution in [0.25, 0.3) is 0 Å². The lowest BCUT2D eigenvalue weighted by molar-refractivity contribution is -0.384. The summed E-state index contributed by atoms with van der Waals surface area (Å²) in [4.78, 5) is 26.7. The van der Waals surface area contributed by atoms with E-state index in [0.29, 0.717) is 11.3 Å². The predicted molar refractivity (Wildman–Crippen MR) is 92.9 cm³/mol.